The van der Waals surface area contributed by atoms with Gasteiger partial charge in [0.15, 0.2) is 0 Å². The van der Waals surface area contributed by atoms with Gasteiger partial charge in [-0.1, -0.05) is 35.5 Å². The highest BCUT2D eigenvalue weighted by molar-refractivity contribution is 5.84. The highest BCUT2D eigenvalue weighted by atomic mass is 16.5. The van der Waals surface area contributed by atoms with Gasteiger partial charge in [-0.05, 0) is 26.3 Å². The zero-order chi connectivity index (χ0) is 17.0. The number of hydrogen-bond donors (Lipinski definition) is 2. The van der Waals surface area contributed by atoms with Gasteiger partial charge in [-0.2, -0.15) is 0 Å². The fourth-order valence-corrected chi connectivity index (χ4v) is 2.36. The van der Waals surface area contributed by atoms with Crippen molar-refractivity contribution < 1.29 is 19.2 Å². The number of aliphatic carboxylic acids is 1. The number of hydrogen-bond acceptors (Lipinski definition) is 4. The number of rotatable bonds is 6. The third-order valence-electron chi connectivity index (χ3n) is 4.04. The average molecular weight is 316 g/mol. The van der Waals surface area contributed by atoms with E-state index in [1.54, 1.807) is 45.0 Å². The van der Waals surface area contributed by atoms with Crippen molar-refractivity contribution >= 4 is 11.9 Å². The molecule has 2 rings (SSSR count). The molecule has 6 nitrogen and oxygen atoms in total. The second kappa shape index (κ2) is 6.64. The van der Waals surface area contributed by atoms with Gasteiger partial charge in [-0.25, -0.2) is 0 Å². The first-order chi connectivity index (χ1) is 10.8. The summed E-state index contributed by atoms with van der Waals surface area (Å²) >= 11 is 0. The Balaban J connectivity index is 2.08. The van der Waals surface area contributed by atoms with E-state index in [0.717, 1.165) is 5.56 Å². The number of benzene rings is 1. The van der Waals surface area contributed by atoms with Crippen LogP contribution in [0.25, 0.3) is 0 Å². The normalized spacial score (nSPS) is 13.3. The predicted molar refractivity (Wildman–Crippen MR) is 84.1 cm³/mol. The van der Waals surface area contributed by atoms with Crippen LogP contribution in [0.1, 0.15) is 29.5 Å². The number of carboxylic acid groups (broad SMARTS) is 1. The van der Waals surface area contributed by atoms with Gasteiger partial charge < -0.3 is 14.9 Å². The molecule has 0 radical (unpaired) electrons. The zero-order valence-corrected chi connectivity index (χ0v) is 13.4. The Bertz CT molecular complexity index is 689. The van der Waals surface area contributed by atoms with Gasteiger partial charge in [-0.15, -0.1) is 0 Å². The summed E-state index contributed by atoms with van der Waals surface area (Å²) in [6, 6.07) is 8.87. The number of carbonyl (C=O) groups excluding carboxylic acids is 1. The first-order valence-corrected chi connectivity index (χ1v) is 7.32. The van der Waals surface area contributed by atoms with Crippen molar-refractivity contribution in [2.75, 3.05) is 6.54 Å². The summed E-state index contributed by atoms with van der Waals surface area (Å²) in [6.45, 7) is 5.12. The topological polar surface area (TPSA) is 92.4 Å². The standard InChI is InChI=1S/C17H20N2O4/c1-11-14(12(2)23-19-11)9-15(20)18-10-17(3,16(21)22)13-7-5-4-6-8-13/h4-8H,9-10H2,1-3H3,(H,18,20)(H,21,22). The van der Waals surface area contributed by atoms with Crippen molar-refractivity contribution in [3.8, 4) is 0 Å². The monoisotopic (exact) mass is 316 g/mol. The Morgan fingerprint density at radius 2 is 1.91 bits per heavy atom. The first-order valence-electron chi connectivity index (χ1n) is 7.32. The van der Waals surface area contributed by atoms with Crippen LogP contribution in [0, 0.1) is 13.8 Å². The lowest BCUT2D eigenvalue weighted by atomic mass is 9.82. The zero-order valence-electron chi connectivity index (χ0n) is 13.4. The van der Waals surface area contributed by atoms with E-state index in [-0.39, 0.29) is 18.9 Å². The van der Waals surface area contributed by atoms with Gasteiger partial charge in [-0.3, -0.25) is 9.59 Å². The van der Waals surface area contributed by atoms with E-state index in [1.165, 1.54) is 0 Å². The van der Waals surface area contributed by atoms with Crippen LogP contribution < -0.4 is 5.32 Å². The van der Waals surface area contributed by atoms with Gasteiger partial charge in [0.25, 0.3) is 0 Å². The molecule has 122 valence electrons. The van der Waals surface area contributed by atoms with Crippen LogP contribution in [0.5, 0.6) is 0 Å². The van der Waals surface area contributed by atoms with E-state index >= 15 is 0 Å². The molecule has 0 aliphatic carbocycles. The van der Waals surface area contributed by atoms with E-state index in [9.17, 15) is 14.7 Å². The van der Waals surface area contributed by atoms with Crippen LogP contribution in [0.15, 0.2) is 34.9 Å². The number of aryl methyl sites for hydroxylation is 2. The number of aromatic nitrogens is 1. The van der Waals surface area contributed by atoms with Gasteiger partial charge in [0.05, 0.1) is 12.1 Å². The van der Waals surface area contributed by atoms with Crippen molar-refractivity contribution in [3.63, 3.8) is 0 Å². The Kier molecular flexibility index (Phi) is 4.83. The molecule has 0 saturated heterocycles. The molecule has 23 heavy (non-hydrogen) atoms. The van der Waals surface area contributed by atoms with Crippen molar-refractivity contribution in [2.24, 2.45) is 0 Å². The van der Waals surface area contributed by atoms with Crippen LogP contribution in [0.4, 0.5) is 0 Å². The number of nitrogens with zero attached hydrogens (tertiary/aromatic N) is 1. The maximum Gasteiger partial charge on any atom is 0.315 e. The SMILES string of the molecule is Cc1noc(C)c1CC(=O)NCC(C)(C(=O)O)c1ccccc1. The summed E-state index contributed by atoms with van der Waals surface area (Å²) in [5, 5.41) is 16.1. The molecule has 0 saturated carbocycles. The minimum atomic E-state index is -1.18. The minimum absolute atomic E-state index is 0.00849. The number of carbonyl (C=O) groups is 2. The van der Waals surface area contributed by atoms with Crippen LogP contribution in [0.3, 0.4) is 0 Å². The van der Waals surface area contributed by atoms with Crippen LogP contribution in [-0.2, 0) is 21.4 Å². The summed E-state index contributed by atoms with van der Waals surface area (Å²) in [5.41, 5.74) is 0.862. The summed E-state index contributed by atoms with van der Waals surface area (Å²) in [7, 11) is 0. The Labute approximate surface area is 134 Å². The molecule has 1 aromatic heterocycles. The lowest BCUT2D eigenvalue weighted by Crippen LogP contribution is -2.44. The van der Waals surface area contributed by atoms with Gasteiger partial charge >= 0.3 is 5.97 Å². The van der Waals surface area contributed by atoms with Crippen molar-refractivity contribution in [2.45, 2.75) is 32.6 Å². The molecular weight excluding hydrogens is 296 g/mol. The lowest BCUT2D eigenvalue weighted by Gasteiger charge is -2.25. The smallest absolute Gasteiger partial charge is 0.315 e. The summed E-state index contributed by atoms with van der Waals surface area (Å²) in [4.78, 5) is 23.8. The average Bonchev–Trinajstić information content (AvgIpc) is 2.85. The maximum absolute atomic E-state index is 12.1. The minimum Gasteiger partial charge on any atom is -0.481 e. The van der Waals surface area contributed by atoms with Crippen LogP contribution in [-0.4, -0.2) is 28.7 Å². The third kappa shape index (κ3) is 3.59. The second-order valence-electron chi connectivity index (χ2n) is 5.76. The molecule has 1 aromatic carbocycles. The molecular formula is C17H20N2O4. The summed E-state index contributed by atoms with van der Waals surface area (Å²) in [6.07, 6.45) is 0.117. The Hall–Kier alpha value is -2.63. The molecule has 1 heterocycles. The largest absolute Gasteiger partial charge is 0.481 e. The maximum atomic E-state index is 12.1. The van der Waals surface area contributed by atoms with E-state index in [2.05, 4.69) is 10.5 Å². The first kappa shape index (κ1) is 16.7. The van der Waals surface area contributed by atoms with E-state index in [4.69, 9.17) is 4.52 Å². The molecule has 0 spiro atoms. The molecule has 2 N–H and O–H groups in total. The van der Waals surface area contributed by atoms with Gasteiger partial charge in [0, 0.05) is 12.1 Å². The predicted octanol–water partition coefficient (Wildman–Crippen LogP) is 1.99. The molecule has 1 amide bonds. The highest BCUT2D eigenvalue weighted by Crippen LogP contribution is 2.23. The summed E-state index contributed by atoms with van der Waals surface area (Å²) in [5.74, 6) is -0.647. The van der Waals surface area contributed by atoms with Crippen LogP contribution in [0.2, 0.25) is 0 Å². The fourth-order valence-electron chi connectivity index (χ4n) is 2.36. The quantitative estimate of drug-likeness (QED) is 0.850. The molecule has 2 aromatic rings. The van der Waals surface area contributed by atoms with E-state index in [0.29, 0.717) is 17.0 Å². The lowest BCUT2D eigenvalue weighted by molar-refractivity contribution is -0.143. The fraction of sp³-hybridized carbons (Fsp3) is 0.353. The highest BCUT2D eigenvalue weighted by Gasteiger charge is 2.35. The summed E-state index contributed by atoms with van der Waals surface area (Å²) < 4.78 is 5.03. The van der Waals surface area contributed by atoms with Gasteiger partial charge in [0.2, 0.25) is 5.91 Å². The Morgan fingerprint density at radius 1 is 1.26 bits per heavy atom. The number of amides is 1. The number of carboxylic acids is 1. The Morgan fingerprint density at radius 3 is 2.43 bits per heavy atom. The molecule has 1 atom stereocenters. The molecule has 0 aliphatic rings. The van der Waals surface area contributed by atoms with E-state index < -0.39 is 11.4 Å². The van der Waals surface area contributed by atoms with Crippen molar-refractivity contribution in [3.05, 3.63) is 52.9 Å². The molecule has 6 heteroatoms. The number of nitrogens with one attached hydrogen (secondary N) is 1. The molecule has 1 unspecified atom stereocenters. The van der Waals surface area contributed by atoms with Crippen LogP contribution >= 0.6 is 0 Å². The molecule has 0 bridgehead atoms. The second-order valence-corrected chi connectivity index (χ2v) is 5.76. The van der Waals surface area contributed by atoms with Crippen molar-refractivity contribution in [1.82, 2.24) is 10.5 Å². The van der Waals surface area contributed by atoms with Crippen molar-refractivity contribution in [1.29, 1.82) is 0 Å². The third-order valence-corrected chi connectivity index (χ3v) is 4.04. The molecule has 0 aliphatic heterocycles. The molecule has 0 fully saturated rings. The van der Waals surface area contributed by atoms with E-state index in [1.807, 2.05) is 6.07 Å². The van der Waals surface area contributed by atoms with Gasteiger partial charge in [0.1, 0.15) is 11.2 Å².